The highest BCUT2D eigenvalue weighted by Gasteiger charge is 2.42. The van der Waals surface area contributed by atoms with E-state index in [0.717, 1.165) is 60.9 Å². The molecule has 0 saturated heterocycles. The van der Waals surface area contributed by atoms with Gasteiger partial charge in [0, 0.05) is 5.69 Å². The number of aryl methyl sites for hydroxylation is 2. The summed E-state index contributed by atoms with van der Waals surface area (Å²) in [4.78, 5) is 14.5. The van der Waals surface area contributed by atoms with Crippen LogP contribution in [0.1, 0.15) is 58.7 Å². The van der Waals surface area contributed by atoms with Crippen molar-refractivity contribution < 1.29 is 13.7 Å². The van der Waals surface area contributed by atoms with Crippen LogP contribution in [0.15, 0.2) is 113 Å². The normalized spacial score (nSPS) is 17.7. The van der Waals surface area contributed by atoms with Crippen molar-refractivity contribution in [2.75, 3.05) is 5.32 Å². The van der Waals surface area contributed by atoms with Crippen LogP contribution in [0.25, 0.3) is 0 Å². The van der Waals surface area contributed by atoms with Gasteiger partial charge in [0.05, 0.1) is 12.7 Å². The first-order chi connectivity index (χ1) is 22.9. The molecule has 47 heavy (non-hydrogen) atoms. The third-order valence-electron chi connectivity index (χ3n) is 9.63. The fourth-order valence-electron chi connectivity index (χ4n) is 7.56. The van der Waals surface area contributed by atoms with Gasteiger partial charge < -0.3 is 10.1 Å². The zero-order chi connectivity index (χ0) is 32.0. The van der Waals surface area contributed by atoms with E-state index in [2.05, 4.69) is 25.6 Å². The number of carbonyl (C=O) groups excluding carboxylic acids is 1. The van der Waals surface area contributed by atoms with E-state index in [4.69, 9.17) is 4.74 Å². The van der Waals surface area contributed by atoms with Gasteiger partial charge in [0.1, 0.15) is 16.5 Å². The lowest BCUT2D eigenvalue weighted by Crippen LogP contribution is -2.48. The topological polar surface area (TPSA) is 97.6 Å². The molecular weight excluding hydrogens is 607 g/mol. The molecule has 3 aliphatic rings. The molecule has 0 spiro atoms. The van der Waals surface area contributed by atoms with Crippen LogP contribution in [0.4, 0.5) is 10.5 Å². The van der Waals surface area contributed by atoms with Crippen LogP contribution in [-0.2, 0) is 47.7 Å². The van der Waals surface area contributed by atoms with Gasteiger partial charge >= 0.3 is 6.03 Å². The summed E-state index contributed by atoms with van der Waals surface area (Å²) in [6, 6.07) is 31.3. The minimum Gasteiger partial charge on any atom is -0.472 e. The van der Waals surface area contributed by atoms with Gasteiger partial charge in [-0.05, 0) is 84.4 Å². The van der Waals surface area contributed by atoms with E-state index in [0.29, 0.717) is 12.4 Å². The monoisotopic (exact) mass is 643 g/mol. The Bertz CT molecular complexity index is 1960. The number of aromatic nitrogens is 2. The number of hydrogen-bond donors (Lipinski definition) is 2. The Kier molecular flexibility index (Phi) is 7.45. The average molecular weight is 644 g/mol. The maximum atomic E-state index is 15.8. The number of anilines is 1. The second-order valence-electron chi connectivity index (χ2n) is 12.7. The third kappa shape index (κ3) is 5.14. The molecule has 5 aromatic rings. The van der Waals surface area contributed by atoms with E-state index in [1.54, 1.807) is 4.68 Å². The molecule has 2 amide bonds. The number of fused-ring (bicyclic) bond motifs is 3. The molecule has 9 heteroatoms. The first-order valence-corrected chi connectivity index (χ1v) is 17.9. The van der Waals surface area contributed by atoms with Gasteiger partial charge in [-0.3, -0.25) is 0 Å². The Morgan fingerprint density at radius 1 is 0.851 bits per heavy atom. The number of rotatable bonds is 7. The fraction of sp³-hybridized carbons (Fsp3) is 0.263. The molecule has 2 atom stereocenters. The SMILES string of the molecule is C[C@H]1Cn2ncc([S@@](=O)(=NC(=O)Nc3c4c(cc5c3CCC5)CCC4)NC(c3ccccc3)(c3ccccc3)c3ccccc3)c2O1. The van der Waals surface area contributed by atoms with Gasteiger partial charge in [-0.2, -0.15) is 5.10 Å². The number of urea groups is 1. The van der Waals surface area contributed by atoms with Crippen LogP contribution in [-0.4, -0.2) is 26.1 Å². The molecule has 0 saturated carbocycles. The van der Waals surface area contributed by atoms with E-state index in [-0.39, 0.29) is 11.0 Å². The van der Waals surface area contributed by atoms with Crippen LogP contribution in [0.3, 0.4) is 0 Å². The molecule has 2 aliphatic carbocycles. The number of nitrogens with zero attached hydrogens (tertiary/aromatic N) is 3. The minimum atomic E-state index is -3.77. The number of hydrogen-bond acceptors (Lipinski definition) is 4. The van der Waals surface area contributed by atoms with Crippen molar-refractivity contribution in [2.45, 2.75) is 68.5 Å². The van der Waals surface area contributed by atoms with Crippen LogP contribution in [0, 0.1) is 0 Å². The number of benzene rings is 4. The van der Waals surface area contributed by atoms with E-state index in [1.807, 2.05) is 97.9 Å². The molecule has 238 valence electrons. The van der Waals surface area contributed by atoms with Gasteiger partial charge in [0.25, 0.3) is 0 Å². The van der Waals surface area contributed by atoms with Gasteiger partial charge in [-0.1, -0.05) is 97.1 Å². The fourth-order valence-corrected chi connectivity index (χ4v) is 9.44. The minimum absolute atomic E-state index is 0.161. The number of nitrogens with one attached hydrogen (secondary N) is 2. The standard InChI is InChI=1S/C38H37N5O3S/c1-26-25-43-36(46-26)34(24-39-43)47(45,41-37(44)40-35-32-21-11-13-27(32)23-28-14-12-22-33(28)35)42-38(29-15-5-2-6-16-29,30-17-7-3-8-18-30)31-19-9-4-10-20-31/h2-10,15-20,23-24,26H,11-14,21-22,25H2,1H3,(H2,40,41,42,44,45)/t26-,47+/m0/s1. The summed E-state index contributed by atoms with van der Waals surface area (Å²) in [5, 5.41) is 7.68. The smallest absolute Gasteiger partial charge is 0.354 e. The summed E-state index contributed by atoms with van der Waals surface area (Å²) in [5.74, 6) is 0.358. The molecule has 2 N–H and O–H groups in total. The lowest BCUT2D eigenvalue weighted by molar-refractivity contribution is 0.248. The van der Waals surface area contributed by atoms with Crippen molar-refractivity contribution in [3.8, 4) is 5.88 Å². The molecule has 0 fully saturated rings. The highest BCUT2D eigenvalue weighted by atomic mass is 32.2. The average Bonchev–Trinajstić information content (AvgIpc) is 3.90. The second kappa shape index (κ2) is 11.8. The Morgan fingerprint density at radius 2 is 1.38 bits per heavy atom. The lowest BCUT2D eigenvalue weighted by Gasteiger charge is -2.37. The van der Waals surface area contributed by atoms with E-state index in [1.165, 1.54) is 28.5 Å². The van der Waals surface area contributed by atoms with Crippen LogP contribution in [0.2, 0.25) is 0 Å². The summed E-state index contributed by atoms with van der Waals surface area (Å²) in [5.41, 5.74) is 7.19. The third-order valence-corrected chi connectivity index (χ3v) is 11.5. The van der Waals surface area contributed by atoms with Gasteiger partial charge in [-0.25, -0.2) is 18.4 Å². The van der Waals surface area contributed by atoms with Gasteiger partial charge in [0.2, 0.25) is 5.88 Å². The highest BCUT2D eigenvalue weighted by molar-refractivity contribution is 7.92. The maximum absolute atomic E-state index is 15.8. The van der Waals surface area contributed by atoms with Crippen molar-refractivity contribution in [1.29, 1.82) is 0 Å². The molecule has 8 nitrogen and oxygen atoms in total. The number of ether oxygens (including phenoxy) is 1. The van der Waals surface area contributed by atoms with Crippen LogP contribution >= 0.6 is 0 Å². The predicted molar refractivity (Wildman–Crippen MR) is 183 cm³/mol. The van der Waals surface area contributed by atoms with Crippen LogP contribution < -0.4 is 14.8 Å². The molecular formula is C38H37N5O3S. The maximum Gasteiger partial charge on any atom is 0.354 e. The van der Waals surface area contributed by atoms with E-state index < -0.39 is 21.5 Å². The summed E-state index contributed by atoms with van der Waals surface area (Å²) in [7, 11) is -3.77. The Labute approximate surface area is 275 Å². The number of carbonyl (C=O) groups is 1. The van der Waals surface area contributed by atoms with E-state index in [9.17, 15) is 4.79 Å². The molecule has 4 aromatic carbocycles. The number of amides is 2. The van der Waals surface area contributed by atoms with Crippen molar-refractivity contribution in [2.24, 2.45) is 4.36 Å². The summed E-state index contributed by atoms with van der Waals surface area (Å²) in [6.45, 7) is 2.46. The van der Waals surface area contributed by atoms with E-state index >= 15 is 4.21 Å². The highest BCUT2D eigenvalue weighted by Crippen LogP contribution is 2.42. The molecule has 8 rings (SSSR count). The Balaban J connectivity index is 1.34. The van der Waals surface area contributed by atoms with Crippen molar-refractivity contribution in [3.05, 3.63) is 142 Å². The quantitative estimate of drug-likeness (QED) is 0.183. The molecule has 1 aliphatic heterocycles. The first kappa shape index (κ1) is 29.7. The van der Waals surface area contributed by atoms with Crippen molar-refractivity contribution >= 4 is 21.6 Å². The molecule has 2 heterocycles. The first-order valence-electron chi connectivity index (χ1n) is 16.4. The molecule has 1 aromatic heterocycles. The Morgan fingerprint density at radius 3 is 1.91 bits per heavy atom. The van der Waals surface area contributed by atoms with Crippen molar-refractivity contribution in [3.63, 3.8) is 0 Å². The molecule has 0 unspecified atom stereocenters. The largest absolute Gasteiger partial charge is 0.472 e. The summed E-state index contributed by atoms with van der Waals surface area (Å²) >= 11 is 0. The second-order valence-corrected chi connectivity index (χ2v) is 14.5. The molecule has 0 radical (unpaired) electrons. The zero-order valence-electron chi connectivity index (χ0n) is 26.3. The zero-order valence-corrected chi connectivity index (χ0v) is 27.1. The van der Waals surface area contributed by atoms with Gasteiger partial charge in [0.15, 0.2) is 9.92 Å². The lowest BCUT2D eigenvalue weighted by atomic mass is 9.78. The summed E-state index contributed by atoms with van der Waals surface area (Å²) in [6.07, 6.45) is 7.31. The summed E-state index contributed by atoms with van der Waals surface area (Å²) < 4.78 is 31.8. The molecule has 0 bridgehead atoms. The predicted octanol–water partition coefficient (Wildman–Crippen LogP) is 7.20. The van der Waals surface area contributed by atoms with Crippen molar-refractivity contribution in [1.82, 2.24) is 14.5 Å². The van der Waals surface area contributed by atoms with Crippen LogP contribution in [0.5, 0.6) is 5.88 Å². The Hall–Kier alpha value is -4.73. The van der Waals surface area contributed by atoms with Gasteiger partial charge in [-0.15, -0.1) is 4.36 Å².